The van der Waals surface area contributed by atoms with Gasteiger partial charge in [-0.05, 0) is 23.2 Å². The van der Waals surface area contributed by atoms with Gasteiger partial charge in [-0.1, -0.05) is 15.9 Å². The molecule has 2 rings (SSSR count). The molecule has 1 heterocycles. The summed E-state index contributed by atoms with van der Waals surface area (Å²) >= 11 is 3.07. The molecule has 0 spiro atoms. The summed E-state index contributed by atoms with van der Waals surface area (Å²) in [6.45, 7) is 0. The van der Waals surface area contributed by atoms with E-state index in [0.29, 0.717) is 16.8 Å². The lowest BCUT2D eigenvalue weighted by Gasteiger charge is -1.96. The first-order valence-corrected chi connectivity index (χ1v) is 4.55. The van der Waals surface area contributed by atoms with E-state index in [2.05, 4.69) is 21.2 Å². The van der Waals surface area contributed by atoms with Gasteiger partial charge in [-0.2, -0.15) is 0 Å². The van der Waals surface area contributed by atoms with Crippen molar-refractivity contribution in [2.45, 2.75) is 0 Å². The Balaban J connectivity index is 2.63. The van der Waals surface area contributed by atoms with E-state index in [4.69, 9.17) is 0 Å². The van der Waals surface area contributed by atoms with E-state index in [1.165, 1.54) is 17.1 Å². The molecule has 0 unspecified atom stereocenters. The van der Waals surface area contributed by atoms with Crippen LogP contribution in [0.25, 0.3) is 5.57 Å². The van der Waals surface area contributed by atoms with Crippen LogP contribution in [0.5, 0.6) is 0 Å². The number of carbonyl (C=O) groups is 1. The van der Waals surface area contributed by atoms with Crippen LogP contribution in [0.4, 0.5) is 10.1 Å². The fourth-order valence-electron chi connectivity index (χ4n) is 1.27. The van der Waals surface area contributed by atoms with Crippen molar-refractivity contribution in [1.82, 2.24) is 0 Å². The van der Waals surface area contributed by atoms with Crippen LogP contribution < -0.4 is 5.32 Å². The minimum Gasteiger partial charge on any atom is -0.321 e. The molecule has 1 N–H and O–H groups in total. The highest BCUT2D eigenvalue weighted by molar-refractivity contribution is 9.11. The largest absolute Gasteiger partial charge is 0.321 e. The first kappa shape index (κ1) is 8.44. The fourth-order valence-corrected chi connectivity index (χ4v) is 1.72. The van der Waals surface area contributed by atoms with Gasteiger partial charge >= 0.3 is 0 Å². The Labute approximate surface area is 82.6 Å². The molecule has 1 aromatic carbocycles. The molecule has 0 aromatic heterocycles. The Morgan fingerprint density at radius 2 is 2.23 bits per heavy atom. The molecule has 1 aliphatic heterocycles. The summed E-state index contributed by atoms with van der Waals surface area (Å²) in [5.74, 6) is -0.556. The molecule has 13 heavy (non-hydrogen) atoms. The minimum absolute atomic E-state index is 0.211. The molecule has 4 heteroatoms. The molecular formula is C9H5BrFNO. The quantitative estimate of drug-likeness (QED) is 0.696. The molecule has 0 bridgehead atoms. The van der Waals surface area contributed by atoms with Crippen molar-refractivity contribution in [2.24, 2.45) is 0 Å². The predicted molar refractivity (Wildman–Crippen MR) is 51.9 cm³/mol. The summed E-state index contributed by atoms with van der Waals surface area (Å²) in [6.07, 6.45) is 0. The van der Waals surface area contributed by atoms with Gasteiger partial charge in [0.2, 0.25) is 0 Å². The van der Waals surface area contributed by atoms with E-state index in [-0.39, 0.29) is 11.7 Å². The molecule has 66 valence electrons. The molecule has 0 saturated heterocycles. The number of amides is 1. The summed E-state index contributed by atoms with van der Waals surface area (Å²) in [7, 11) is 0. The zero-order valence-electron chi connectivity index (χ0n) is 6.47. The Morgan fingerprint density at radius 1 is 1.46 bits per heavy atom. The number of rotatable bonds is 0. The fraction of sp³-hybridized carbons (Fsp3) is 0. The SMILES string of the molecule is O=C1Nc2ccc(F)cc2/C1=C/Br. The van der Waals surface area contributed by atoms with Gasteiger partial charge in [-0.15, -0.1) is 0 Å². The number of hydrogen-bond acceptors (Lipinski definition) is 1. The van der Waals surface area contributed by atoms with Gasteiger partial charge in [0.25, 0.3) is 5.91 Å². The lowest BCUT2D eigenvalue weighted by Crippen LogP contribution is -2.02. The van der Waals surface area contributed by atoms with Crippen LogP contribution in [0.3, 0.4) is 0 Å². The molecule has 1 aromatic rings. The third-order valence-electron chi connectivity index (χ3n) is 1.87. The van der Waals surface area contributed by atoms with Crippen LogP contribution in [0.2, 0.25) is 0 Å². The van der Waals surface area contributed by atoms with Gasteiger partial charge in [0.15, 0.2) is 0 Å². The van der Waals surface area contributed by atoms with Gasteiger partial charge in [-0.3, -0.25) is 4.79 Å². The van der Waals surface area contributed by atoms with Crippen LogP contribution in [0, 0.1) is 5.82 Å². The Bertz CT molecular complexity index is 414. The van der Waals surface area contributed by atoms with Gasteiger partial charge in [0, 0.05) is 11.3 Å². The van der Waals surface area contributed by atoms with Crippen LogP contribution in [0.1, 0.15) is 5.56 Å². The van der Waals surface area contributed by atoms with Crippen molar-refractivity contribution in [3.8, 4) is 0 Å². The van der Waals surface area contributed by atoms with Gasteiger partial charge in [0.1, 0.15) is 5.82 Å². The lowest BCUT2D eigenvalue weighted by atomic mass is 10.1. The number of fused-ring (bicyclic) bond motifs is 1. The average molecular weight is 242 g/mol. The number of halogens is 2. The topological polar surface area (TPSA) is 29.1 Å². The number of benzene rings is 1. The Kier molecular flexibility index (Phi) is 1.92. The molecule has 0 radical (unpaired) electrons. The summed E-state index contributed by atoms with van der Waals surface area (Å²) in [5, 5.41) is 2.62. The van der Waals surface area contributed by atoms with Crippen molar-refractivity contribution < 1.29 is 9.18 Å². The average Bonchev–Trinajstić information content (AvgIpc) is 2.40. The molecule has 0 fully saturated rings. The standard InChI is InChI=1S/C9H5BrFNO/c10-4-7-6-3-5(11)1-2-8(6)12-9(7)13/h1-4H,(H,12,13)/b7-4-. The highest BCUT2D eigenvalue weighted by Crippen LogP contribution is 2.32. The van der Waals surface area contributed by atoms with E-state index >= 15 is 0 Å². The summed E-state index contributed by atoms with van der Waals surface area (Å²) < 4.78 is 12.8. The predicted octanol–water partition coefficient (Wildman–Crippen LogP) is 2.51. The van der Waals surface area contributed by atoms with E-state index in [9.17, 15) is 9.18 Å². The monoisotopic (exact) mass is 241 g/mol. The number of hydrogen-bond donors (Lipinski definition) is 1. The number of anilines is 1. The maximum atomic E-state index is 12.8. The van der Waals surface area contributed by atoms with Crippen LogP contribution in [0.15, 0.2) is 23.2 Å². The molecule has 1 amide bonds. The second-order valence-corrected chi connectivity index (χ2v) is 3.12. The summed E-state index contributed by atoms with van der Waals surface area (Å²) in [5.41, 5.74) is 1.70. The van der Waals surface area contributed by atoms with Gasteiger partial charge in [-0.25, -0.2) is 4.39 Å². The van der Waals surface area contributed by atoms with Crippen molar-refractivity contribution in [3.63, 3.8) is 0 Å². The van der Waals surface area contributed by atoms with E-state index in [1.54, 1.807) is 6.07 Å². The molecular weight excluding hydrogens is 237 g/mol. The molecule has 2 nitrogen and oxygen atoms in total. The highest BCUT2D eigenvalue weighted by atomic mass is 79.9. The third kappa shape index (κ3) is 1.27. The summed E-state index contributed by atoms with van der Waals surface area (Å²) in [4.78, 5) is 12.7. The number of carbonyl (C=O) groups excluding carboxylic acids is 1. The van der Waals surface area contributed by atoms with Gasteiger partial charge in [0.05, 0.1) is 5.57 Å². The summed E-state index contributed by atoms with van der Waals surface area (Å²) in [6, 6.07) is 4.20. The normalized spacial score (nSPS) is 17.4. The van der Waals surface area contributed by atoms with Crippen molar-refractivity contribution >= 4 is 33.1 Å². The second-order valence-electron chi connectivity index (χ2n) is 2.67. The van der Waals surface area contributed by atoms with Crippen molar-refractivity contribution in [1.29, 1.82) is 0 Å². The van der Waals surface area contributed by atoms with E-state index in [0.717, 1.165) is 0 Å². The first-order valence-electron chi connectivity index (χ1n) is 3.64. The van der Waals surface area contributed by atoms with Crippen molar-refractivity contribution in [2.75, 3.05) is 5.32 Å². The Hall–Kier alpha value is -1.16. The Morgan fingerprint density at radius 3 is 2.92 bits per heavy atom. The third-order valence-corrected chi connectivity index (χ3v) is 2.33. The second kappa shape index (κ2) is 2.96. The van der Waals surface area contributed by atoms with E-state index in [1.807, 2.05) is 0 Å². The smallest absolute Gasteiger partial charge is 0.256 e. The van der Waals surface area contributed by atoms with Crippen LogP contribution in [-0.4, -0.2) is 5.91 Å². The molecule has 0 saturated carbocycles. The molecule has 0 aliphatic carbocycles. The van der Waals surface area contributed by atoms with Crippen molar-refractivity contribution in [3.05, 3.63) is 34.6 Å². The highest BCUT2D eigenvalue weighted by Gasteiger charge is 2.23. The maximum absolute atomic E-state index is 12.8. The maximum Gasteiger partial charge on any atom is 0.256 e. The van der Waals surface area contributed by atoms with Crippen LogP contribution in [-0.2, 0) is 4.79 Å². The number of nitrogens with one attached hydrogen (secondary N) is 1. The lowest BCUT2D eigenvalue weighted by molar-refractivity contribution is -0.110. The van der Waals surface area contributed by atoms with E-state index < -0.39 is 0 Å². The first-order chi connectivity index (χ1) is 6.22. The zero-order valence-corrected chi connectivity index (χ0v) is 8.06. The molecule has 1 aliphatic rings. The molecule has 0 atom stereocenters. The van der Waals surface area contributed by atoms with Crippen LogP contribution >= 0.6 is 15.9 Å². The zero-order chi connectivity index (χ0) is 9.42. The minimum atomic E-state index is -0.345. The van der Waals surface area contributed by atoms with Gasteiger partial charge < -0.3 is 5.32 Å².